The first kappa shape index (κ1) is 11.7. The molecule has 0 aliphatic heterocycles. The zero-order valence-electron chi connectivity index (χ0n) is 7.94. The second kappa shape index (κ2) is 4.89. The van der Waals surface area contributed by atoms with Crippen LogP contribution in [0.5, 0.6) is 0 Å². The summed E-state index contributed by atoms with van der Waals surface area (Å²) in [4.78, 5) is 4.19. The van der Waals surface area contributed by atoms with Crippen molar-refractivity contribution >= 4 is 43.8 Å². The molecule has 1 heterocycles. The van der Waals surface area contributed by atoms with Crippen LogP contribution in [-0.4, -0.2) is 17.2 Å². The molecule has 0 atom stereocenters. The van der Waals surface area contributed by atoms with Crippen molar-refractivity contribution in [3.63, 3.8) is 0 Å². The van der Waals surface area contributed by atoms with Gasteiger partial charge in [0.1, 0.15) is 10.3 Å². The van der Waals surface area contributed by atoms with Crippen LogP contribution in [0.25, 0.3) is 0 Å². The zero-order chi connectivity index (χ0) is 10.7. The van der Waals surface area contributed by atoms with Crippen LogP contribution < -0.4 is 5.32 Å². The Morgan fingerprint density at radius 3 is 2.64 bits per heavy atom. The van der Waals surface area contributed by atoms with Gasteiger partial charge in [0.2, 0.25) is 0 Å². The summed E-state index contributed by atoms with van der Waals surface area (Å²) in [7, 11) is 0. The number of hydrogen-bond acceptors (Lipinski definition) is 3. The summed E-state index contributed by atoms with van der Waals surface area (Å²) in [5, 5.41) is 10.5. The van der Waals surface area contributed by atoms with Gasteiger partial charge in [0.15, 0.2) is 0 Å². The van der Waals surface area contributed by atoms with Crippen molar-refractivity contribution in [2.75, 3.05) is 5.32 Å². The Morgan fingerprint density at radius 2 is 2.14 bits per heavy atom. The molecule has 1 aromatic rings. The fourth-order valence-electron chi connectivity index (χ4n) is 1.04. The van der Waals surface area contributed by atoms with Gasteiger partial charge in [-0.25, -0.2) is 4.98 Å². The molecule has 0 bridgehead atoms. The van der Waals surface area contributed by atoms with Gasteiger partial charge in [-0.15, -0.1) is 0 Å². The maximum Gasteiger partial charge on any atom is 0.108 e. The predicted molar refractivity (Wildman–Crippen MR) is 66.3 cm³/mol. The summed E-state index contributed by atoms with van der Waals surface area (Å²) in [6, 6.07) is 2.17. The number of nitrogens with one attached hydrogen (secondary N) is 2. The lowest BCUT2D eigenvalue weighted by atomic mass is 10.2. The van der Waals surface area contributed by atoms with Gasteiger partial charge in [0, 0.05) is 16.7 Å². The molecule has 0 saturated carbocycles. The Kier molecular flexibility index (Phi) is 4.07. The van der Waals surface area contributed by atoms with Gasteiger partial charge in [0.05, 0.1) is 5.69 Å². The largest absolute Gasteiger partial charge is 0.380 e. The van der Waals surface area contributed by atoms with Crippen LogP contribution in [0.2, 0.25) is 0 Å². The van der Waals surface area contributed by atoms with Gasteiger partial charge in [-0.2, -0.15) is 0 Å². The first-order valence-corrected chi connectivity index (χ1v) is 5.76. The normalized spacial score (nSPS) is 10.4. The molecule has 1 rings (SSSR count). The highest BCUT2D eigenvalue weighted by atomic mass is 79.9. The number of hydrogen-bond donors (Lipinski definition) is 2. The number of anilines is 1. The van der Waals surface area contributed by atoms with Crippen LogP contribution in [0, 0.1) is 5.41 Å². The van der Waals surface area contributed by atoms with E-state index in [0.29, 0.717) is 11.7 Å². The molecule has 0 spiro atoms. The molecule has 0 aliphatic rings. The molecule has 0 fully saturated rings. The molecule has 76 valence electrons. The third kappa shape index (κ3) is 2.78. The minimum absolute atomic E-state index is 0.313. The van der Waals surface area contributed by atoms with Crippen molar-refractivity contribution < 1.29 is 0 Å². The molecule has 2 N–H and O–H groups in total. The first-order chi connectivity index (χ1) is 6.54. The number of nitrogens with zero attached hydrogens (tertiary/aromatic N) is 1. The summed E-state index contributed by atoms with van der Waals surface area (Å²) in [6.45, 7) is 4.09. The molecule has 14 heavy (non-hydrogen) atoms. The molecule has 0 saturated heterocycles. The third-order valence-corrected chi connectivity index (χ3v) is 2.57. The van der Waals surface area contributed by atoms with Crippen molar-refractivity contribution in [3.8, 4) is 0 Å². The number of halogens is 2. The number of rotatable bonds is 3. The lowest BCUT2D eigenvalue weighted by Crippen LogP contribution is -2.12. The van der Waals surface area contributed by atoms with Crippen LogP contribution in [-0.2, 0) is 0 Å². The van der Waals surface area contributed by atoms with Crippen LogP contribution in [0.4, 0.5) is 5.69 Å². The summed E-state index contributed by atoms with van der Waals surface area (Å²) >= 11 is 6.71. The van der Waals surface area contributed by atoms with E-state index >= 15 is 0 Å². The molecule has 3 nitrogen and oxygen atoms in total. The van der Waals surface area contributed by atoms with Crippen molar-refractivity contribution in [2.45, 2.75) is 19.9 Å². The van der Waals surface area contributed by atoms with E-state index in [0.717, 1.165) is 14.8 Å². The molecule has 0 amide bonds. The Morgan fingerprint density at radius 1 is 1.50 bits per heavy atom. The fourth-order valence-corrected chi connectivity index (χ4v) is 2.30. The Balaban J connectivity index is 3.18. The van der Waals surface area contributed by atoms with Gasteiger partial charge >= 0.3 is 0 Å². The highest BCUT2D eigenvalue weighted by Gasteiger charge is 2.09. The maximum absolute atomic E-state index is 7.25. The van der Waals surface area contributed by atoms with Gasteiger partial charge in [-0.1, -0.05) is 0 Å². The van der Waals surface area contributed by atoms with Gasteiger partial charge in [-0.3, -0.25) is 0 Å². The predicted octanol–water partition coefficient (Wildman–Crippen LogP) is 3.42. The van der Waals surface area contributed by atoms with E-state index in [1.165, 1.54) is 6.21 Å². The number of pyridine rings is 1. The lowest BCUT2D eigenvalue weighted by Gasteiger charge is -2.14. The average molecular weight is 321 g/mol. The minimum Gasteiger partial charge on any atom is -0.380 e. The van der Waals surface area contributed by atoms with Gasteiger partial charge < -0.3 is 10.7 Å². The molecule has 0 aromatic carbocycles. The summed E-state index contributed by atoms with van der Waals surface area (Å²) in [5.74, 6) is 0. The summed E-state index contributed by atoms with van der Waals surface area (Å²) in [6.07, 6.45) is 1.24. The van der Waals surface area contributed by atoms with E-state index in [1.54, 1.807) is 0 Å². The maximum atomic E-state index is 7.25. The van der Waals surface area contributed by atoms with Crippen LogP contribution in [0.3, 0.4) is 0 Å². The zero-order valence-corrected chi connectivity index (χ0v) is 11.1. The van der Waals surface area contributed by atoms with Gasteiger partial charge in [0.25, 0.3) is 0 Å². The molecule has 5 heteroatoms. The van der Waals surface area contributed by atoms with Crippen molar-refractivity contribution in [1.82, 2.24) is 4.98 Å². The average Bonchev–Trinajstić information content (AvgIpc) is 2.08. The standard InChI is InChI=1S/C9H11Br2N3/c1-5(2)13-9-6(10)3-8(11)14-7(9)4-12/h3-5,12-13H,1-2H3. The monoisotopic (exact) mass is 319 g/mol. The molecular formula is C9H11Br2N3. The van der Waals surface area contributed by atoms with E-state index < -0.39 is 0 Å². The lowest BCUT2D eigenvalue weighted by molar-refractivity contribution is 0.895. The first-order valence-electron chi connectivity index (χ1n) is 4.17. The summed E-state index contributed by atoms with van der Waals surface area (Å²) in [5.41, 5.74) is 1.48. The molecule has 0 radical (unpaired) electrons. The fraction of sp³-hybridized carbons (Fsp3) is 0.333. The summed E-state index contributed by atoms with van der Waals surface area (Å²) < 4.78 is 1.63. The van der Waals surface area contributed by atoms with Crippen LogP contribution in [0.1, 0.15) is 19.5 Å². The molecule has 0 aliphatic carbocycles. The highest BCUT2D eigenvalue weighted by molar-refractivity contribution is 9.11. The Hall–Kier alpha value is -0.420. The SMILES string of the molecule is CC(C)Nc1c(Br)cc(Br)nc1C=N. The van der Waals surface area contributed by atoms with E-state index in [4.69, 9.17) is 5.41 Å². The van der Waals surface area contributed by atoms with Crippen LogP contribution >= 0.6 is 31.9 Å². The van der Waals surface area contributed by atoms with Crippen molar-refractivity contribution in [2.24, 2.45) is 0 Å². The van der Waals surface area contributed by atoms with Gasteiger partial charge in [-0.05, 0) is 51.8 Å². The van der Waals surface area contributed by atoms with Crippen LogP contribution in [0.15, 0.2) is 15.1 Å². The minimum atomic E-state index is 0.313. The molecule has 1 aromatic heterocycles. The molecule has 0 unspecified atom stereocenters. The topological polar surface area (TPSA) is 48.8 Å². The van der Waals surface area contributed by atoms with E-state index in [2.05, 4.69) is 42.2 Å². The third-order valence-electron chi connectivity index (χ3n) is 1.54. The quantitative estimate of drug-likeness (QED) is 0.662. The Bertz CT molecular complexity index is 350. The highest BCUT2D eigenvalue weighted by Crippen LogP contribution is 2.27. The second-order valence-electron chi connectivity index (χ2n) is 3.13. The smallest absolute Gasteiger partial charge is 0.108 e. The van der Waals surface area contributed by atoms with E-state index in [-0.39, 0.29) is 0 Å². The number of aromatic nitrogens is 1. The van der Waals surface area contributed by atoms with Crippen molar-refractivity contribution in [3.05, 3.63) is 20.8 Å². The van der Waals surface area contributed by atoms with E-state index in [9.17, 15) is 0 Å². The Labute approximate surface area is 100 Å². The van der Waals surface area contributed by atoms with E-state index in [1.807, 2.05) is 19.9 Å². The van der Waals surface area contributed by atoms with Crippen molar-refractivity contribution in [1.29, 1.82) is 5.41 Å². The molecular weight excluding hydrogens is 310 g/mol. The second-order valence-corrected chi connectivity index (χ2v) is 4.80.